The van der Waals surface area contributed by atoms with Crippen molar-refractivity contribution < 1.29 is 24.7 Å². The van der Waals surface area contributed by atoms with Gasteiger partial charge in [-0.05, 0) is 0 Å². The van der Waals surface area contributed by atoms with Crippen molar-refractivity contribution >= 4 is 24.8 Å². The molecule has 0 heterocycles. The van der Waals surface area contributed by atoms with Gasteiger partial charge in [0.25, 0.3) is 0 Å². The van der Waals surface area contributed by atoms with Gasteiger partial charge in [-0.15, -0.1) is 24.8 Å². The maximum Gasteiger partial charge on any atom is -0.147 e. The fourth-order valence-corrected chi connectivity index (χ4v) is 2.04. The van der Waals surface area contributed by atoms with Crippen LogP contribution in [0.15, 0.2) is 21.0 Å². The quantitative estimate of drug-likeness (QED) is 0.683. The van der Waals surface area contributed by atoms with Crippen LogP contribution in [0.2, 0.25) is 0 Å². The Morgan fingerprint density at radius 3 is 2.46 bits per heavy atom. The molecule has 3 heteroatoms. The number of halogens is 2. The molecule has 0 aromatic rings. The van der Waals surface area contributed by atoms with Crippen LogP contribution in [0.4, 0.5) is 0 Å². The largest absolute Gasteiger partial charge is 0.147 e. The van der Waals surface area contributed by atoms with Gasteiger partial charge in [0, 0.05) is 0 Å². The second-order valence-electron chi connectivity index (χ2n) is 3.11. The van der Waals surface area contributed by atoms with Crippen molar-refractivity contribution in [3.05, 3.63) is 21.0 Å². The third kappa shape index (κ3) is 6.94. The summed E-state index contributed by atoms with van der Waals surface area (Å²) in [7, 11) is 0. The summed E-state index contributed by atoms with van der Waals surface area (Å²) < 4.78 is 1.61. The molecule has 0 amide bonds. The monoisotopic (exact) mass is 297 g/mol. The average Bonchev–Trinajstić information content (AvgIpc) is 2.37. The predicted octanol–water partition coefficient (Wildman–Crippen LogP) is 4.17. The Kier molecular flexibility index (Phi) is 12.0. The van der Waals surface area contributed by atoms with Crippen molar-refractivity contribution in [3.63, 3.8) is 0 Å². The zero-order valence-corrected chi connectivity index (χ0v) is 12.1. The zero-order chi connectivity index (χ0) is 8.10. The molecule has 0 radical (unpaired) electrons. The molecule has 0 nitrogen and oxygen atoms in total. The Morgan fingerprint density at radius 2 is 2.00 bits per heavy atom. The first-order chi connectivity index (χ1) is 5.33. The molecule has 0 aliphatic heterocycles. The van der Waals surface area contributed by atoms with E-state index in [-0.39, 0.29) is 24.8 Å². The van der Waals surface area contributed by atoms with Crippen LogP contribution in [0.1, 0.15) is 39.0 Å². The Hall–Kier alpha value is 0.943. The van der Waals surface area contributed by atoms with E-state index < -0.39 is 0 Å². The van der Waals surface area contributed by atoms with E-state index >= 15 is 0 Å². The minimum Gasteiger partial charge on any atom is -0.147 e. The summed E-state index contributed by atoms with van der Waals surface area (Å²) >= 11 is 1.59. The first kappa shape index (κ1) is 16.4. The van der Waals surface area contributed by atoms with Crippen LogP contribution in [0, 0.1) is 0 Å². The maximum atomic E-state index is 2.39. The van der Waals surface area contributed by atoms with Crippen molar-refractivity contribution in [3.8, 4) is 0 Å². The third-order valence-corrected chi connectivity index (χ3v) is 2.87. The fraction of sp³-hybridized carbons (Fsp3) is 0.600. The van der Waals surface area contributed by atoms with Crippen LogP contribution in [0.5, 0.6) is 0 Å². The van der Waals surface area contributed by atoms with Crippen molar-refractivity contribution in [2.24, 2.45) is 0 Å². The molecule has 0 aromatic carbocycles. The second-order valence-corrected chi connectivity index (χ2v) is 4.69. The summed E-state index contributed by atoms with van der Waals surface area (Å²) in [6, 6.07) is 0. The van der Waals surface area contributed by atoms with E-state index in [0.717, 1.165) is 0 Å². The van der Waals surface area contributed by atoms with E-state index in [0.29, 0.717) is 0 Å². The normalized spacial score (nSPS) is 13.8. The van der Waals surface area contributed by atoms with Gasteiger partial charge in [0.2, 0.25) is 0 Å². The molecule has 0 fully saturated rings. The van der Waals surface area contributed by atoms with Gasteiger partial charge in [-0.2, -0.15) is 0 Å². The molecule has 0 spiro atoms. The molecule has 0 saturated carbocycles. The number of hydrogen-bond acceptors (Lipinski definition) is 0. The molecule has 0 saturated heterocycles. The van der Waals surface area contributed by atoms with Gasteiger partial charge in [0.15, 0.2) is 0 Å². The molecule has 0 atom stereocenters. The molecule has 0 N–H and O–H groups in total. The Morgan fingerprint density at radius 1 is 1.31 bits per heavy atom. The molecule has 1 rings (SSSR count). The van der Waals surface area contributed by atoms with Gasteiger partial charge in [0.05, 0.1) is 0 Å². The Labute approximate surface area is 109 Å². The van der Waals surface area contributed by atoms with E-state index in [1.54, 1.807) is 33.6 Å². The molecule has 0 bridgehead atoms. The van der Waals surface area contributed by atoms with Crippen molar-refractivity contribution in [2.75, 3.05) is 0 Å². The minimum absolute atomic E-state index is 0. The van der Waals surface area contributed by atoms with Crippen LogP contribution in [0.25, 0.3) is 0 Å². The van der Waals surface area contributed by atoms with E-state index in [1.165, 1.54) is 32.1 Å². The van der Waals surface area contributed by atoms with Crippen LogP contribution in [-0.4, -0.2) is 0 Å². The molecular weight excluding hydrogens is 282 g/mol. The van der Waals surface area contributed by atoms with Gasteiger partial charge in [-0.3, -0.25) is 0 Å². The van der Waals surface area contributed by atoms with Gasteiger partial charge < -0.3 is 0 Å². The first-order valence-electron chi connectivity index (χ1n) is 4.44. The van der Waals surface area contributed by atoms with Crippen LogP contribution >= 0.6 is 24.8 Å². The predicted molar refractivity (Wildman–Crippen MR) is 59.4 cm³/mol. The molecule has 1 aliphatic carbocycles. The summed E-state index contributed by atoms with van der Waals surface area (Å²) in [4.78, 5) is 0. The topological polar surface area (TPSA) is 0 Å². The van der Waals surface area contributed by atoms with Gasteiger partial charge in [-0.1, -0.05) is 0 Å². The summed E-state index contributed by atoms with van der Waals surface area (Å²) in [6.07, 6.45) is 11.4. The zero-order valence-electron chi connectivity index (χ0n) is 8.01. The fourth-order valence-electron chi connectivity index (χ4n) is 1.34. The minimum atomic E-state index is 0. The summed E-state index contributed by atoms with van der Waals surface area (Å²) in [5.41, 5.74) is 1.59. The van der Waals surface area contributed by atoms with Crippen molar-refractivity contribution in [1.82, 2.24) is 0 Å². The molecule has 0 unspecified atom stereocenters. The molecule has 75 valence electrons. The van der Waals surface area contributed by atoms with E-state index in [2.05, 4.69) is 19.1 Å². The van der Waals surface area contributed by atoms with Crippen LogP contribution < -0.4 is 0 Å². The van der Waals surface area contributed by atoms with Gasteiger partial charge >= 0.3 is 84.8 Å². The summed E-state index contributed by atoms with van der Waals surface area (Å²) in [5, 5.41) is 0. The first-order valence-corrected chi connectivity index (χ1v) is 5.67. The molecule has 1 aliphatic rings. The van der Waals surface area contributed by atoms with Crippen molar-refractivity contribution in [1.29, 1.82) is 0 Å². The smallest absolute Gasteiger partial charge is 0.147 e. The number of unbranched alkanes of at least 4 members (excludes halogenated alkanes) is 2. The molecular formula is C10H17Cl2Zr. The second kappa shape index (κ2) is 9.50. The standard InChI is InChI=1S/C10H15.2ClH.Zr/c1-2-3-4-7-10-8-5-6-9-10;;;/h8-9H,2-5,7H2,1H3;2*1H;. The Bertz CT molecular complexity index is 185. The maximum absolute atomic E-state index is 2.39. The number of hydrogen-bond donors (Lipinski definition) is 0. The van der Waals surface area contributed by atoms with Crippen molar-refractivity contribution in [2.45, 2.75) is 39.0 Å². The van der Waals surface area contributed by atoms with Crippen LogP contribution in [0.3, 0.4) is 0 Å². The molecule has 0 aromatic heterocycles. The van der Waals surface area contributed by atoms with Crippen LogP contribution in [-0.2, 0) is 24.7 Å². The number of rotatable bonds is 4. The number of allylic oxidation sites excluding steroid dienone is 4. The van der Waals surface area contributed by atoms with E-state index in [4.69, 9.17) is 0 Å². The Balaban J connectivity index is 0. The third-order valence-electron chi connectivity index (χ3n) is 2.01. The molecule has 13 heavy (non-hydrogen) atoms. The summed E-state index contributed by atoms with van der Waals surface area (Å²) in [6.45, 7) is 2.26. The summed E-state index contributed by atoms with van der Waals surface area (Å²) in [5.74, 6) is 0. The van der Waals surface area contributed by atoms with Gasteiger partial charge in [-0.25, -0.2) is 0 Å². The average molecular weight is 299 g/mol. The van der Waals surface area contributed by atoms with Gasteiger partial charge in [0.1, 0.15) is 0 Å². The van der Waals surface area contributed by atoms with E-state index in [9.17, 15) is 0 Å². The van der Waals surface area contributed by atoms with E-state index in [1.807, 2.05) is 0 Å². The SMILES string of the molecule is CCCCCC1=CC[C]([Zr])=C1.Cl.Cl.